The molecule has 0 unspecified atom stereocenters. The standard InChI is InChI=1S/C18H18ClFO3/c1-3-14(18(21)22-2)12-7-9-13(10-8-12)23-11-15-16(19)5-4-6-17(15)20/h4-10,14H,3,11H2,1-2H3/t14-/m1/s1. The van der Waals surface area contributed by atoms with Gasteiger partial charge in [-0.1, -0.05) is 36.7 Å². The largest absolute Gasteiger partial charge is 0.489 e. The van der Waals surface area contributed by atoms with Crippen molar-refractivity contribution in [2.24, 2.45) is 0 Å². The summed E-state index contributed by atoms with van der Waals surface area (Å²) in [5.74, 6) is -0.381. The highest BCUT2D eigenvalue weighted by molar-refractivity contribution is 6.31. The highest BCUT2D eigenvalue weighted by atomic mass is 35.5. The number of ether oxygens (including phenoxy) is 2. The number of halogens is 2. The topological polar surface area (TPSA) is 35.5 Å². The van der Waals surface area contributed by atoms with Crippen molar-refractivity contribution in [3.05, 3.63) is 64.4 Å². The number of hydrogen-bond donors (Lipinski definition) is 0. The molecule has 0 bridgehead atoms. The van der Waals surface area contributed by atoms with Gasteiger partial charge >= 0.3 is 5.97 Å². The van der Waals surface area contributed by atoms with Crippen molar-refractivity contribution >= 4 is 17.6 Å². The molecule has 2 aromatic rings. The van der Waals surface area contributed by atoms with E-state index in [1.54, 1.807) is 24.3 Å². The lowest BCUT2D eigenvalue weighted by atomic mass is 9.97. The Balaban J connectivity index is 2.07. The van der Waals surface area contributed by atoms with Gasteiger partial charge in [-0.25, -0.2) is 4.39 Å². The van der Waals surface area contributed by atoms with Crippen molar-refractivity contribution in [2.45, 2.75) is 25.9 Å². The number of carbonyl (C=O) groups excluding carboxylic acids is 1. The Hall–Kier alpha value is -2.07. The Labute approximate surface area is 140 Å². The van der Waals surface area contributed by atoms with E-state index in [0.29, 0.717) is 22.8 Å². The van der Waals surface area contributed by atoms with E-state index < -0.39 is 5.82 Å². The lowest BCUT2D eigenvalue weighted by molar-refractivity contribution is -0.142. The van der Waals surface area contributed by atoms with E-state index in [0.717, 1.165) is 5.56 Å². The van der Waals surface area contributed by atoms with Crippen molar-refractivity contribution in [3.8, 4) is 5.75 Å². The van der Waals surface area contributed by atoms with Crippen molar-refractivity contribution in [1.29, 1.82) is 0 Å². The third-order valence-electron chi connectivity index (χ3n) is 3.62. The average molecular weight is 337 g/mol. The van der Waals surface area contributed by atoms with Gasteiger partial charge in [0.25, 0.3) is 0 Å². The Morgan fingerprint density at radius 2 is 1.91 bits per heavy atom. The van der Waals surface area contributed by atoms with Crippen molar-refractivity contribution in [2.75, 3.05) is 7.11 Å². The van der Waals surface area contributed by atoms with Gasteiger partial charge in [0.05, 0.1) is 18.1 Å². The quantitative estimate of drug-likeness (QED) is 0.716. The van der Waals surface area contributed by atoms with Gasteiger partial charge < -0.3 is 9.47 Å². The van der Waals surface area contributed by atoms with Crippen LogP contribution in [0.1, 0.15) is 30.4 Å². The molecule has 2 rings (SSSR count). The highest BCUT2D eigenvalue weighted by Crippen LogP contribution is 2.25. The van der Waals surface area contributed by atoms with E-state index in [-0.39, 0.29) is 18.5 Å². The molecule has 0 N–H and O–H groups in total. The molecule has 122 valence electrons. The number of methoxy groups -OCH3 is 1. The number of hydrogen-bond acceptors (Lipinski definition) is 3. The fourth-order valence-electron chi connectivity index (χ4n) is 2.30. The summed E-state index contributed by atoms with van der Waals surface area (Å²) in [6.45, 7) is 1.96. The Morgan fingerprint density at radius 3 is 2.48 bits per heavy atom. The summed E-state index contributed by atoms with van der Waals surface area (Å²) >= 11 is 5.96. The molecule has 3 nitrogen and oxygen atoms in total. The first-order valence-corrected chi connectivity index (χ1v) is 7.68. The van der Waals surface area contributed by atoms with Gasteiger partial charge in [0.1, 0.15) is 18.2 Å². The van der Waals surface area contributed by atoms with Gasteiger partial charge in [0, 0.05) is 5.56 Å². The van der Waals surface area contributed by atoms with Gasteiger partial charge in [0.15, 0.2) is 0 Å². The molecule has 0 saturated heterocycles. The van der Waals surface area contributed by atoms with Crippen LogP contribution in [0.3, 0.4) is 0 Å². The number of carbonyl (C=O) groups is 1. The molecular formula is C18H18ClFO3. The molecule has 0 aliphatic heterocycles. The summed E-state index contributed by atoms with van der Waals surface area (Å²) in [5.41, 5.74) is 1.18. The van der Waals surface area contributed by atoms with Crippen molar-refractivity contribution in [1.82, 2.24) is 0 Å². The van der Waals surface area contributed by atoms with E-state index in [2.05, 4.69) is 0 Å². The maximum Gasteiger partial charge on any atom is 0.313 e. The molecule has 23 heavy (non-hydrogen) atoms. The first kappa shape index (κ1) is 17.3. The summed E-state index contributed by atoms with van der Waals surface area (Å²) in [5, 5.41) is 0.332. The minimum atomic E-state index is -0.397. The Bertz CT molecular complexity index is 650. The predicted molar refractivity (Wildman–Crippen MR) is 87.2 cm³/mol. The number of benzene rings is 2. The molecule has 0 saturated carbocycles. The van der Waals surface area contributed by atoms with Crippen LogP contribution in [0.25, 0.3) is 0 Å². The molecule has 0 aliphatic carbocycles. The van der Waals surface area contributed by atoms with Gasteiger partial charge in [-0.15, -0.1) is 0 Å². The van der Waals surface area contributed by atoms with Crippen LogP contribution in [-0.4, -0.2) is 13.1 Å². The van der Waals surface area contributed by atoms with Crippen LogP contribution in [0, 0.1) is 5.82 Å². The van der Waals surface area contributed by atoms with E-state index in [4.69, 9.17) is 21.1 Å². The summed E-state index contributed by atoms with van der Waals surface area (Å²) in [4.78, 5) is 11.7. The van der Waals surface area contributed by atoms with Gasteiger partial charge in [-0.2, -0.15) is 0 Å². The minimum absolute atomic E-state index is 0.0407. The van der Waals surface area contributed by atoms with Crippen molar-refractivity contribution < 1.29 is 18.7 Å². The molecule has 0 aliphatic rings. The maximum absolute atomic E-state index is 13.7. The Kier molecular flexibility index (Phi) is 5.99. The smallest absolute Gasteiger partial charge is 0.313 e. The second-order valence-electron chi connectivity index (χ2n) is 5.04. The summed E-state index contributed by atoms with van der Waals surface area (Å²) in [6.07, 6.45) is 0.651. The van der Waals surface area contributed by atoms with Crippen LogP contribution >= 0.6 is 11.6 Å². The molecule has 0 heterocycles. The second kappa shape index (κ2) is 7.97. The van der Waals surface area contributed by atoms with E-state index >= 15 is 0 Å². The molecule has 2 aromatic carbocycles. The summed E-state index contributed by atoms with van der Waals surface area (Å²) < 4.78 is 24.0. The van der Waals surface area contributed by atoms with Gasteiger partial charge in [-0.05, 0) is 36.2 Å². The van der Waals surface area contributed by atoms with Crippen molar-refractivity contribution in [3.63, 3.8) is 0 Å². The predicted octanol–water partition coefficient (Wildman–Crippen LogP) is 4.72. The molecule has 5 heteroatoms. The van der Waals surface area contributed by atoms with E-state index in [9.17, 15) is 9.18 Å². The molecule has 0 fully saturated rings. The summed E-state index contributed by atoms with van der Waals surface area (Å²) in [7, 11) is 1.38. The van der Waals surface area contributed by atoms with Crippen LogP contribution in [0.15, 0.2) is 42.5 Å². The Morgan fingerprint density at radius 1 is 1.22 bits per heavy atom. The zero-order valence-corrected chi connectivity index (χ0v) is 13.8. The second-order valence-corrected chi connectivity index (χ2v) is 5.45. The fraction of sp³-hybridized carbons (Fsp3) is 0.278. The van der Waals surface area contributed by atoms with Gasteiger partial charge in [0.2, 0.25) is 0 Å². The first-order valence-electron chi connectivity index (χ1n) is 7.30. The molecule has 0 aromatic heterocycles. The number of rotatable bonds is 6. The average Bonchev–Trinajstić information content (AvgIpc) is 2.56. The molecule has 0 spiro atoms. The first-order chi connectivity index (χ1) is 11.1. The third-order valence-corrected chi connectivity index (χ3v) is 3.98. The van der Waals surface area contributed by atoms with E-state index in [1.165, 1.54) is 13.2 Å². The normalized spacial score (nSPS) is 11.8. The zero-order chi connectivity index (χ0) is 16.8. The lowest BCUT2D eigenvalue weighted by Crippen LogP contribution is -2.13. The van der Waals surface area contributed by atoms with Crippen LogP contribution in [0.4, 0.5) is 4.39 Å². The monoisotopic (exact) mass is 336 g/mol. The SMILES string of the molecule is CC[C@@H](C(=O)OC)c1ccc(OCc2c(F)cccc2Cl)cc1. The fourth-order valence-corrected chi connectivity index (χ4v) is 2.52. The number of esters is 1. The van der Waals surface area contributed by atoms with Gasteiger partial charge in [-0.3, -0.25) is 4.79 Å². The van der Waals surface area contributed by atoms with Crippen LogP contribution in [0.2, 0.25) is 5.02 Å². The lowest BCUT2D eigenvalue weighted by Gasteiger charge is -2.14. The molecule has 1 atom stereocenters. The summed E-state index contributed by atoms with van der Waals surface area (Å²) in [6, 6.07) is 11.6. The van der Waals surface area contributed by atoms with E-state index in [1.807, 2.05) is 19.1 Å². The molecule has 0 amide bonds. The molecule has 0 radical (unpaired) electrons. The molecular weight excluding hydrogens is 319 g/mol. The highest BCUT2D eigenvalue weighted by Gasteiger charge is 2.19. The van der Waals surface area contributed by atoms with Crippen LogP contribution in [-0.2, 0) is 16.1 Å². The minimum Gasteiger partial charge on any atom is -0.489 e. The van der Waals surface area contributed by atoms with Crippen LogP contribution in [0.5, 0.6) is 5.75 Å². The maximum atomic E-state index is 13.7. The zero-order valence-electron chi connectivity index (χ0n) is 13.0. The van der Waals surface area contributed by atoms with Crippen LogP contribution < -0.4 is 4.74 Å². The third kappa shape index (κ3) is 4.23.